The molecule has 7 nitrogen and oxygen atoms in total. The summed E-state index contributed by atoms with van der Waals surface area (Å²) in [4.78, 5) is 20.8. The fourth-order valence-corrected chi connectivity index (χ4v) is 2.47. The highest BCUT2D eigenvalue weighted by atomic mass is 19.3. The number of alkyl halides is 2. The van der Waals surface area contributed by atoms with Crippen LogP contribution in [0, 0.1) is 0 Å². The molecule has 0 spiro atoms. The standard InChI is InChI=1S/C15H16F2N4O3/c1-21(13(22)15(16,17)14(23)5-3-6-14)9-11-19-12(20-24-11)10-4-2-7-18-8-10/h2,4,7-8,23H,3,5-6,9H2,1H3. The molecule has 0 unspecified atom stereocenters. The van der Waals surface area contributed by atoms with Gasteiger partial charge in [-0.3, -0.25) is 9.78 Å². The van der Waals surface area contributed by atoms with Crippen molar-refractivity contribution >= 4 is 5.91 Å². The minimum absolute atomic E-state index is 0.0149. The van der Waals surface area contributed by atoms with Crippen molar-refractivity contribution in [1.82, 2.24) is 20.0 Å². The molecule has 2 aromatic heterocycles. The Hall–Kier alpha value is -2.42. The quantitative estimate of drug-likeness (QED) is 0.891. The third-order valence-corrected chi connectivity index (χ3v) is 4.14. The Kier molecular flexibility index (Phi) is 4.04. The molecule has 128 valence electrons. The third kappa shape index (κ3) is 2.75. The van der Waals surface area contributed by atoms with Crippen molar-refractivity contribution in [2.45, 2.75) is 37.3 Å². The van der Waals surface area contributed by atoms with E-state index in [1.165, 1.54) is 13.2 Å². The van der Waals surface area contributed by atoms with Crippen LogP contribution >= 0.6 is 0 Å². The molecule has 1 N–H and O–H groups in total. The zero-order chi connectivity index (χ0) is 17.4. The van der Waals surface area contributed by atoms with E-state index in [4.69, 9.17) is 4.52 Å². The van der Waals surface area contributed by atoms with Crippen molar-refractivity contribution in [3.8, 4) is 11.4 Å². The maximum Gasteiger partial charge on any atom is 0.352 e. The Morgan fingerprint density at radius 3 is 2.83 bits per heavy atom. The van der Waals surface area contributed by atoms with Gasteiger partial charge in [-0.2, -0.15) is 13.8 Å². The summed E-state index contributed by atoms with van der Waals surface area (Å²) in [6.07, 6.45) is 3.41. The number of carbonyl (C=O) groups is 1. The van der Waals surface area contributed by atoms with Gasteiger partial charge in [0.1, 0.15) is 5.60 Å². The topological polar surface area (TPSA) is 92.4 Å². The Morgan fingerprint density at radius 2 is 2.25 bits per heavy atom. The summed E-state index contributed by atoms with van der Waals surface area (Å²) < 4.78 is 33.3. The molecule has 1 saturated carbocycles. The van der Waals surface area contributed by atoms with E-state index in [9.17, 15) is 18.7 Å². The van der Waals surface area contributed by atoms with E-state index in [0.717, 1.165) is 4.90 Å². The summed E-state index contributed by atoms with van der Waals surface area (Å²) >= 11 is 0. The normalized spacial score (nSPS) is 16.5. The average molecular weight is 338 g/mol. The van der Waals surface area contributed by atoms with Crippen LogP contribution in [0.1, 0.15) is 25.2 Å². The fourth-order valence-electron chi connectivity index (χ4n) is 2.47. The smallest absolute Gasteiger partial charge is 0.352 e. The number of hydrogen-bond donors (Lipinski definition) is 1. The van der Waals surface area contributed by atoms with Crippen LogP contribution < -0.4 is 0 Å². The Labute approximate surface area is 136 Å². The number of hydrogen-bond acceptors (Lipinski definition) is 6. The van der Waals surface area contributed by atoms with Gasteiger partial charge in [-0.05, 0) is 31.4 Å². The highest BCUT2D eigenvalue weighted by Crippen LogP contribution is 2.45. The van der Waals surface area contributed by atoms with Gasteiger partial charge in [0.25, 0.3) is 5.91 Å². The predicted octanol–water partition coefficient (Wildman–Crippen LogP) is 1.64. The van der Waals surface area contributed by atoms with E-state index in [1.807, 2.05) is 0 Å². The van der Waals surface area contributed by atoms with Gasteiger partial charge in [0.2, 0.25) is 11.7 Å². The van der Waals surface area contributed by atoms with Gasteiger partial charge in [0, 0.05) is 25.0 Å². The minimum atomic E-state index is -3.84. The lowest BCUT2D eigenvalue weighted by atomic mass is 9.75. The average Bonchev–Trinajstić information content (AvgIpc) is 3.01. The molecular formula is C15H16F2N4O3. The number of aromatic nitrogens is 3. The first-order valence-corrected chi connectivity index (χ1v) is 7.42. The maximum atomic E-state index is 14.2. The fraction of sp³-hybridized carbons (Fsp3) is 0.467. The highest BCUT2D eigenvalue weighted by Gasteiger charge is 2.62. The van der Waals surface area contributed by atoms with Crippen molar-refractivity contribution < 1.29 is 23.2 Å². The minimum Gasteiger partial charge on any atom is -0.383 e. The van der Waals surface area contributed by atoms with Crippen LogP contribution in [0.25, 0.3) is 11.4 Å². The first-order valence-electron chi connectivity index (χ1n) is 7.42. The van der Waals surface area contributed by atoms with E-state index in [1.54, 1.807) is 18.3 Å². The molecule has 0 saturated heterocycles. The van der Waals surface area contributed by atoms with Crippen LogP contribution in [0.5, 0.6) is 0 Å². The van der Waals surface area contributed by atoms with Gasteiger partial charge in [-0.15, -0.1) is 0 Å². The molecule has 1 fully saturated rings. The van der Waals surface area contributed by atoms with Crippen molar-refractivity contribution in [1.29, 1.82) is 0 Å². The molecule has 1 aliphatic carbocycles. The number of aliphatic hydroxyl groups is 1. The molecule has 1 aliphatic rings. The van der Waals surface area contributed by atoms with Crippen molar-refractivity contribution in [3.63, 3.8) is 0 Å². The zero-order valence-electron chi connectivity index (χ0n) is 12.9. The highest BCUT2D eigenvalue weighted by molar-refractivity contribution is 5.84. The number of nitrogens with zero attached hydrogens (tertiary/aromatic N) is 4. The molecule has 0 bridgehead atoms. The number of pyridine rings is 1. The Balaban J connectivity index is 1.70. The number of amides is 1. The molecule has 1 amide bonds. The van der Waals surface area contributed by atoms with Crippen molar-refractivity contribution in [2.75, 3.05) is 7.05 Å². The number of halogens is 2. The summed E-state index contributed by atoms with van der Waals surface area (Å²) in [6, 6.07) is 3.41. The van der Waals surface area contributed by atoms with E-state index < -0.39 is 17.4 Å². The summed E-state index contributed by atoms with van der Waals surface area (Å²) in [5.74, 6) is -5.04. The largest absolute Gasteiger partial charge is 0.383 e. The van der Waals surface area contributed by atoms with Crippen LogP contribution in [-0.2, 0) is 11.3 Å². The van der Waals surface area contributed by atoms with Gasteiger partial charge in [0.05, 0.1) is 6.54 Å². The molecule has 0 aliphatic heterocycles. The van der Waals surface area contributed by atoms with E-state index in [-0.39, 0.29) is 31.1 Å². The number of rotatable bonds is 5. The van der Waals surface area contributed by atoms with E-state index in [0.29, 0.717) is 12.0 Å². The zero-order valence-corrected chi connectivity index (χ0v) is 12.9. The molecule has 2 heterocycles. The SMILES string of the molecule is CN(Cc1nc(-c2cccnc2)no1)C(=O)C(F)(F)C1(O)CCC1. The summed E-state index contributed by atoms with van der Waals surface area (Å²) in [7, 11) is 1.20. The van der Waals surface area contributed by atoms with Crippen LogP contribution in [0.3, 0.4) is 0 Å². The van der Waals surface area contributed by atoms with E-state index in [2.05, 4.69) is 15.1 Å². The molecule has 3 rings (SSSR count). The Bertz CT molecular complexity index is 731. The first kappa shape index (κ1) is 16.4. The van der Waals surface area contributed by atoms with Gasteiger partial charge >= 0.3 is 5.92 Å². The van der Waals surface area contributed by atoms with Gasteiger partial charge in [-0.1, -0.05) is 5.16 Å². The number of carbonyl (C=O) groups excluding carboxylic acids is 1. The van der Waals surface area contributed by atoms with Crippen molar-refractivity contribution in [3.05, 3.63) is 30.4 Å². The molecular weight excluding hydrogens is 322 g/mol. The molecule has 0 atom stereocenters. The molecule has 9 heteroatoms. The lowest BCUT2D eigenvalue weighted by Crippen LogP contribution is -2.60. The second kappa shape index (κ2) is 5.90. The summed E-state index contributed by atoms with van der Waals surface area (Å²) in [5, 5.41) is 13.6. The lowest BCUT2D eigenvalue weighted by Gasteiger charge is -2.42. The van der Waals surface area contributed by atoms with Crippen LogP contribution in [0.4, 0.5) is 8.78 Å². The van der Waals surface area contributed by atoms with Crippen LogP contribution in [0.2, 0.25) is 0 Å². The first-order chi connectivity index (χ1) is 11.3. The van der Waals surface area contributed by atoms with Gasteiger partial charge < -0.3 is 14.5 Å². The van der Waals surface area contributed by atoms with Gasteiger partial charge in [-0.25, -0.2) is 0 Å². The van der Waals surface area contributed by atoms with Crippen LogP contribution in [0.15, 0.2) is 29.0 Å². The predicted molar refractivity (Wildman–Crippen MR) is 77.8 cm³/mol. The maximum absolute atomic E-state index is 14.2. The second-order valence-electron chi connectivity index (χ2n) is 5.87. The molecule has 24 heavy (non-hydrogen) atoms. The third-order valence-electron chi connectivity index (χ3n) is 4.14. The van der Waals surface area contributed by atoms with Crippen molar-refractivity contribution in [2.24, 2.45) is 0 Å². The molecule has 0 aromatic carbocycles. The van der Waals surface area contributed by atoms with Crippen LogP contribution in [-0.4, -0.2) is 49.6 Å². The monoisotopic (exact) mass is 338 g/mol. The summed E-state index contributed by atoms with van der Waals surface area (Å²) in [6.45, 7) is -0.280. The van der Waals surface area contributed by atoms with Gasteiger partial charge in [0.15, 0.2) is 0 Å². The second-order valence-corrected chi connectivity index (χ2v) is 5.87. The van der Waals surface area contributed by atoms with E-state index >= 15 is 0 Å². The summed E-state index contributed by atoms with van der Waals surface area (Å²) in [5.41, 5.74) is -1.65. The molecule has 2 aromatic rings. The lowest BCUT2D eigenvalue weighted by molar-refractivity contribution is -0.223. The Morgan fingerprint density at radius 1 is 1.50 bits per heavy atom. The molecule has 0 radical (unpaired) electrons.